The standard InChI is InChI=1S/C16H21N3OS/c20-14(10-21-15-17-2-1-3-18-15)19-16-7-11-4-12(8-16)6-13(5-11)9-16/h1-3,11-13H,4-10H2,(H,19,20). The number of amides is 1. The minimum atomic E-state index is 0.115. The number of aromatic nitrogens is 2. The van der Waals surface area contributed by atoms with E-state index >= 15 is 0 Å². The van der Waals surface area contributed by atoms with Crippen molar-refractivity contribution in [2.24, 2.45) is 17.8 Å². The van der Waals surface area contributed by atoms with Gasteiger partial charge in [0.25, 0.3) is 0 Å². The first-order chi connectivity index (χ1) is 10.2. The Morgan fingerprint density at radius 3 is 2.29 bits per heavy atom. The summed E-state index contributed by atoms with van der Waals surface area (Å²) in [5, 5.41) is 4.06. The highest BCUT2D eigenvalue weighted by molar-refractivity contribution is 7.99. The van der Waals surface area contributed by atoms with Gasteiger partial charge in [0.2, 0.25) is 5.91 Å². The molecular formula is C16H21N3OS. The van der Waals surface area contributed by atoms with Crippen molar-refractivity contribution in [3.8, 4) is 0 Å². The summed E-state index contributed by atoms with van der Waals surface area (Å²) in [6.45, 7) is 0. The molecule has 4 fully saturated rings. The highest BCUT2D eigenvalue weighted by Crippen LogP contribution is 2.55. The second kappa shape index (κ2) is 5.27. The lowest BCUT2D eigenvalue weighted by Crippen LogP contribution is -2.60. The van der Waals surface area contributed by atoms with Crippen LogP contribution < -0.4 is 5.32 Å². The molecule has 4 saturated carbocycles. The van der Waals surface area contributed by atoms with Crippen LogP contribution in [0.2, 0.25) is 0 Å². The van der Waals surface area contributed by atoms with Gasteiger partial charge in [-0.2, -0.15) is 0 Å². The largest absolute Gasteiger partial charge is 0.350 e. The topological polar surface area (TPSA) is 54.9 Å². The van der Waals surface area contributed by atoms with E-state index in [0.29, 0.717) is 10.9 Å². The average Bonchev–Trinajstić information content (AvgIpc) is 2.44. The van der Waals surface area contributed by atoms with Gasteiger partial charge in [-0.15, -0.1) is 0 Å². The number of hydrogen-bond donors (Lipinski definition) is 1. The van der Waals surface area contributed by atoms with Crippen molar-refractivity contribution in [3.05, 3.63) is 18.5 Å². The lowest BCUT2D eigenvalue weighted by atomic mass is 9.53. The molecule has 4 bridgehead atoms. The highest BCUT2D eigenvalue weighted by Gasteiger charge is 2.51. The van der Waals surface area contributed by atoms with Crippen LogP contribution in [0.15, 0.2) is 23.6 Å². The van der Waals surface area contributed by atoms with Crippen molar-refractivity contribution in [2.45, 2.75) is 49.2 Å². The number of nitrogens with zero attached hydrogens (tertiary/aromatic N) is 2. The van der Waals surface area contributed by atoms with E-state index < -0.39 is 0 Å². The first-order valence-electron chi connectivity index (χ1n) is 7.92. The third-order valence-electron chi connectivity index (χ3n) is 5.32. The molecule has 1 amide bonds. The molecule has 0 unspecified atom stereocenters. The lowest BCUT2D eigenvalue weighted by molar-refractivity contribution is -0.124. The smallest absolute Gasteiger partial charge is 0.230 e. The number of rotatable bonds is 4. The fraction of sp³-hybridized carbons (Fsp3) is 0.688. The molecule has 1 aromatic heterocycles. The van der Waals surface area contributed by atoms with E-state index in [1.165, 1.54) is 50.3 Å². The van der Waals surface area contributed by atoms with Crippen molar-refractivity contribution in [1.29, 1.82) is 0 Å². The van der Waals surface area contributed by atoms with Gasteiger partial charge in [0.1, 0.15) is 0 Å². The molecule has 0 atom stereocenters. The molecule has 112 valence electrons. The Kier molecular flexibility index (Phi) is 3.40. The van der Waals surface area contributed by atoms with Gasteiger partial charge in [0.15, 0.2) is 5.16 Å². The molecule has 0 aliphatic heterocycles. The van der Waals surface area contributed by atoms with Gasteiger partial charge in [-0.25, -0.2) is 9.97 Å². The van der Waals surface area contributed by atoms with Crippen LogP contribution in [0, 0.1) is 17.8 Å². The molecule has 1 heterocycles. The molecule has 4 aliphatic carbocycles. The molecule has 1 aromatic rings. The summed E-state index contributed by atoms with van der Waals surface area (Å²) < 4.78 is 0. The van der Waals surface area contributed by atoms with E-state index in [0.717, 1.165) is 17.8 Å². The normalized spacial score (nSPS) is 36.7. The molecular weight excluding hydrogens is 282 g/mol. The first-order valence-corrected chi connectivity index (χ1v) is 8.90. The molecule has 4 aliphatic rings. The van der Waals surface area contributed by atoms with Crippen LogP contribution in [-0.2, 0) is 4.79 Å². The number of nitrogens with one attached hydrogen (secondary N) is 1. The van der Waals surface area contributed by atoms with Crippen LogP contribution in [-0.4, -0.2) is 27.2 Å². The third-order valence-corrected chi connectivity index (χ3v) is 6.19. The van der Waals surface area contributed by atoms with E-state index in [2.05, 4.69) is 15.3 Å². The summed E-state index contributed by atoms with van der Waals surface area (Å²) in [5.74, 6) is 3.16. The predicted molar refractivity (Wildman–Crippen MR) is 81.8 cm³/mol. The Morgan fingerprint density at radius 2 is 1.71 bits per heavy atom. The molecule has 0 aromatic carbocycles. The second-order valence-corrected chi connectivity index (χ2v) is 8.01. The van der Waals surface area contributed by atoms with Crippen molar-refractivity contribution < 1.29 is 4.79 Å². The van der Waals surface area contributed by atoms with Crippen molar-refractivity contribution in [1.82, 2.24) is 15.3 Å². The summed E-state index contributed by atoms with van der Waals surface area (Å²) in [6, 6.07) is 1.79. The number of hydrogen-bond acceptors (Lipinski definition) is 4. The first kappa shape index (κ1) is 13.6. The van der Waals surface area contributed by atoms with Gasteiger partial charge in [0.05, 0.1) is 5.75 Å². The summed E-state index contributed by atoms with van der Waals surface area (Å²) in [6.07, 6.45) is 11.3. The van der Waals surface area contributed by atoms with Gasteiger partial charge in [0, 0.05) is 17.9 Å². The number of thioether (sulfide) groups is 1. The number of carbonyl (C=O) groups is 1. The van der Waals surface area contributed by atoms with Crippen LogP contribution in [0.1, 0.15) is 38.5 Å². The Morgan fingerprint density at radius 1 is 1.14 bits per heavy atom. The minimum absolute atomic E-state index is 0.115. The lowest BCUT2D eigenvalue weighted by Gasteiger charge is -2.56. The molecule has 21 heavy (non-hydrogen) atoms. The molecule has 4 nitrogen and oxygen atoms in total. The number of carbonyl (C=O) groups excluding carboxylic acids is 1. The Hall–Kier alpha value is -1.10. The average molecular weight is 303 g/mol. The van der Waals surface area contributed by atoms with E-state index in [-0.39, 0.29) is 11.4 Å². The molecule has 5 heteroatoms. The van der Waals surface area contributed by atoms with Crippen molar-refractivity contribution in [3.63, 3.8) is 0 Å². The van der Waals surface area contributed by atoms with Gasteiger partial charge in [-0.1, -0.05) is 11.8 Å². The summed E-state index contributed by atoms with van der Waals surface area (Å²) in [4.78, 5) is 20.6. The van der Waals surface area contributed by atoms with Crippen LogP contribution in [0.25, 0.3) is 0 Å². The fourth-order valence-corrected chi connectivity index (χ4v) is 5.69. The van der Waals surface area contributed by atoms with Gasteiger partial charge in [-0.05, 0) is 62.3 Å². The Labute approximate surface area is 129 Å². The van der Waals surface area contributed by atoms with E-state index in [4.69, 9.17) is 0 Å². The van der Waals surface area contributed by atoms with E-state index in [1.807, 2.05) is 0 Å². The summed E-state index contributed by atoms with van der Waals surface area (Å²) >= 11 is 1.42. The Bertz CT molecular complexity index is 498. The summed E-state index contributed by atoms with van der Waals surface area (Å²) in [7, 11) is 0. The van der Waals surface area contributed by atoms with Crippen molar-refractivity contribution in [2.75, 3.05) is 5.75 Å². The van der Waals surface area contributed by atoms with Crippen LogP contribution in [0.5, 0.6) is 0 Å². The Balaban J connectivity index is 1.36. The quantitative estimate of drug-likeness (QED) is 0.686. The maximum atomic E-state index is 12.3. The van der Waals surface area contributed by atoms with Gasteiger partial charge < -0.3 is 5.32 Å². The summed E-state index contributed by atoms with van der Waals surface area (Å²) in [5.41, 5.74) is 0.115. The monoisotopic (exact) mass is 303 g/mol. The third kappa shape index (κ3) is 2.80. The van der Waals surface area contributed by atoms with Gasteiger partial charge >= 0.3 is 0 Å². The minimum Gasteiger partial charge on any atom is -0.350 e. The zero-order valence-electron chi connectivity index (χ0n) is 12.1. The van der Waals surface area contributed by atoms with Crippen LogP contribution in [0.4, 0.5) is 0 Å². The van der Waals surface area contributed by atoms with Crippen molar-refractivity contribution >= 4 is 17.7 Å². The van der Waals surface area contributed by atoms with Gasteiger partial charge in [-0.3, -0.25) is 4.79 Å². The van der Waals surface area contributed by atoms with Crippen LogP contribution >= 0.6 is 11.8 Å². The SMILES string of the molecule is O=C(CSc1ncccn1)NC12CC3CC(CC(C3)C1)C2. The second-order valence-electron chi connectivity index (χ2n) is 7.07. The maximum Gasteiger partial charge on any atom is 0.230 e. The fourth-order valence-electron chi connectivity index (χ4n) is 5.09. The molecule has 0 radical (unpaired) electrons. The molecule has 5 rings (SSSR count). The molecule has 0 saturated heterocycles. The highest BCUT2D eigenvalue weighted by atomic mass is 32.2. The zero-order valence-corrected chi connectivity index (χ0v) is 12.9. The molecule has 0 spiro atoms. The van der Waals surface area contributed by atoms with E-state index in [9.17, 15) is 4.79 Å². The van der Waals surface area contributed by atoms with Crippen LogP contribution in [0.3, 0.4) is 0 Å². The maximum absolute atomic E-state index is 12.3. The molecule has 1 N–H and O–H groups in total. The predicted octanol–water partition coefficient (Wildman–Crippen LogP) is 2.65. The van der Waals surface area contributed by atoms with E-state index in [1.54, 1.807) is 18.5 Å². The zero-order chi connectivity index (χ0) is 14.3.